The first-order chi connectivity index (χ1) is 11.7. The molecule has 2 aromatic rings. The van der Waals surface area contributed by atoms with Crippen molar-refractivity contribution in [3.63, 3.8) is 0 Å². The molecule has 0 amide bonds. The van der Waals surface area contributed by atoms with E-state index in [0.717, 1.165) is 12.4 Å². The minimum atomic E-state index is 0.0856. The summed E-state index contributed by atoms with van der Waals surface area (Å²) in [6.45, 7) is 3.20. The van der Waals surface area contributed by atoms with Gasteiger partial charge in [-0.05, 0) is 24.6 Å². The van der Waals surface area contributed by atoms with Gasteiger partial charge in [0, 0.05) is 20.6 Å². The first kappa shape index (κ1) is 15.1. The maximum Gasteiger partial charge on any atom is 0.142 e. The lowest BCUT2D eigenvalue weighted by molar-refractivity contribution is 0.509. The van der Waals surface area contributed by atoms with Crippen molar-refractivity contribution in [1.29, 1.82) is 0 Å². The molecule has 0 aliphatic carbocycles. The third kappa shape index (κ3) is 2.25. The minimum Gasteiger partial charge on any atom is -0.366 e. The summed E-state index contributed by atoms with van der Waals surface area (Å²) < 4.78 is 0. The van der Waals surface area contributed by atoms with Gasteiger partial charge in [-0.3, -0.25) is 0 Å². The Balaban J connectivity index is 1.83. The van der Waals surface area contributed by atoms with Crippen LogP contribution >= 0.6 is 0 Å². The van der Waals surface area contributed by atoms with Crippen molar-refractivity contribution < 1.29 is 0 Å². The van der Waals surface area contributed by atoms with Crippen molar-refractivity contribution in [2.24, 2.45) is 4.99 Å². The van der Waals surface area contributed by atoms with Gasteiger partial charge in [-0.15, -0.1) is 0 Å². The summed E-state index contributed by atoms with van der Waals surface area (Å²) in [5, 5.41) is 3.65. The van der Waals surface area contributed by atoms with Gasteiger partial charge in [-0.25, -0.2) is 4.99 Å². The summed E-state index contributed by atoms with van der Waals surface area (Å²) in [7, 11) is 4.19. The Labute approximate surface area is 143 Å². The molecule has 0 radical (unpaired) electrons. The van der Waals surface area contributed by atoms with Crippen LogP contribution in [0.15, 0.2) is 59.6 Å². The summed E-state index contributed by atoms with van der Waals surface area (Å²) in [5.74, 6) is 1.42. The lowest BCUT2D eigenvalue weighted by Gasteiger charge is -2.42. The van der Waals surface area contributed by atoms with Crippen LogP contribution in [0.2, 0.25) is 0 Å². The smallest absolute Gasteiger partial charge is 0.142 e. The van der Waals surface area contributed by atoms with Crippen LogP contribution in [-0.2, 0) is 0 Å². The predicted octanol–water partition coefficient (Wildman–Crippen LogP) is 3.39. The first-order valence-corrected chi connectivity index (χ1v) is 8.63. The molecule has 0 bridgehead atoms. The largest absolute Gasteiger partial charge is 0.366 e. The molecular weight excluding hydrogens is 296 g/mol. The molecule has 2 aliphatic rings. The molecule has 124 valence electrons. The summed E-state index contributed by atoms with van der Waals surface area (Å²) in [5.41, 5.74) is 3.78. The van der Waals surface area contributed by atoms with Crippen molar-refractivity contribution in [1.82, 2.24) is 4.90 Å². The maximum atomic E-state index is 5.05. The summed E-state index contributed by atoms with van der Waals surface area (Å²) >= 11 is 0. The SMILES string of the molecule is CCN1c2ccccc2N[C@@H]2N=C(N(C)C)[C@@H](c3ccccc3)[C@@H]21. The standard InChI is InChI=1S/C20H24N4/c1-4-24-16-13-9-8-12-15(16)21-19-18(24)17(20(22-19)23(2)3)14-10-6-5-7-11-14/h5-13,17-19,21H,4H2,1-3H3/t17-,18-,19+/m0/s1. The third-order valence-corrected chi connectivity index (χ3v) is 5.05. The van der Waals surface area contributed by atoms with E-state index in [1.165, 1.54) is 16.9 Å². The fourth-order valence-corrected chi connectivity index (χ4v) is 4.05. The number of fused-ring (bicyclic) bond motifs is 2. The monoisotopic (exact) mass is 320 g/mol. The van der Waals surface area contributed by atoms with Crippen LogP contribution in [0.3, 0.4) is 0 Å². The molecule has 24 heavy (non-hydrogen) atoms. The predicted molar refractivity (Wildman–Crippen MR) is 101 cm³/mol. The van der Waals surface area contributed by atoms with E-state index in [1.807, 2.05) is 0 Å². The molecule has 0 unspecified atom stereocenters. The van der Waals surface area contributed by atoms with Gasteiger partial charge >= 0.3 is 0 Å². The van der Waals surface area contributed by atoms with Gasteiger partial charge < -0.3 is 15.1 Å². The highest BCUT2D eigenvalue weighted by molar-refractivity contribution is 5.94. The van der Waals surface area contributed by atoms with Crippen LogP contribution in [0.25, 0.3) is 0 Å². The average molecular weight is 320 g/mol. The number of amidine groups is 1. The quantitative estimate of drug-likeness (QED) is 0.920. The van der Waals surface area contributed by atoms with Crippen LogP contribution in [0.1, 0.15) is 18.4 Å². The van der Waals surface area contributed by atoms with Gasteiger partial charge in [-0.2, -0.15) is 0 Å². The zero-order valence-corrected chi connectivity index (χ0v) is 14.5. The van der Waals surface area contributed by atoms with Crippen LogP contribution < -0.4 is 10.2 Å². The number of hydrogen-bond donors (Lipinski definition) is 1. The molecule has 4 heteroatoms. The molecule has 0 spiro atoms. The number of hydrogen-bond acceptors (Lipinski definition) is 4. The number of para-hydroxylation sites is 2. The third-order valence-electron chi connectivity index (χ3n) is 5.05. The van der Waals surface area contributed by atoms with E-state index in [0.29, 0.717) is 6.04 Å². The molecule has 4 rings (SSSR count). The second-order valence-corrected chi connectivity index (χ2v) is 6.65. The lowest BCUT2D eigenvalue weighted by atomic mass is 9.88. The van der Waals surface area contributed by atoms with E-state index in [-0.39, 0.29) is 12.1 Å². The van der Waals surface area contributed by atoms with Gasteiger partial charge in [0.1, 0.15) is 12.0 Å². The lowest BCUT2D eigenvalue weighted by Crippen LogP contribution is -2.51. The average Bonchev–Trinajstić information content (AvgIpc) is 2.99. The Hall–Kier alpha value is -2.49. The second-order valence-electron chi connectivity index (χ2n) is 6.65. The van der Waals surface area contributed by atoms with Crippen molar-refractivity contribution in [2.45, 2.75) is 25.0 Å². The second kappa shape index (κ2) is 5.86. The Morgan fingerprint density at radius 3 is 2.46 bits per heavy atom. The number of rotatable bonds is 2. The number of anilines is 2. The summed E-state index contributed by atoms with van der Waals surface area (Å²) in [4.78, 5) is 9.73. The van der Waals surface area contributed by atoms with E-state index in [9.17, 15) is 0 Å². The minimum absolute atomic E-state index is 0.0856. The van der Waals surface area contributed by atoms with Gasteiger partial charge in [-0.1, -0.05) is 42.5 Å². The van der Waals surface area contributed by atoms with Crippen molar-refractivity contribution in [3.8, 4) is 0 Å². The molecule has 0 saturated carbocycles. The van der Waals surface area contributed by atoms with E-state index < -0.39 is 0 Å². The number of benzene rings is 2. The Morgan fingerprint density at radius 2 is 1.75 bits per heavy atom. The molecule has 3 atom stereocenters. The Morgan fingerprint density at radius 1 is 1.04 bits per heavy atom. The molecule has 2 aliphatic heterocycles. The molecule has 2 aromatic carbocycles. The highest BCUT2D eigenvalue weighted by Gasteiger charge is 2.46. The maximum absolute atomic E-state index is 5.05. The highest BCUT2D eigenvalue weighted by atomic mass is 15.3. The topological polar surface area (TPSA) is 30.9 Å². The molecule has 0 aromatic heterocycles. The molecule has 0 saturated heterocycles. The van der Waals surface area contributed by atoms with Crippen LogP contribution in [-0.4, -0.2) is 43.6 Å². The zero-order chi connectivity index (χ0) is 16.7. The number of nitrogens with zero attached hydrogens (tertiary/aromatic N) is 3. The van der Waals surface area contributed by atoms with Crippen molar-refractivity contribution in [2.75, 3.05) is 30.9 Å². The van der Waals surface area contributed by atoms with Crippen molar-refractivity contribution in [3.05, 3.63) is 60.2 Å². The number of nitrogens with one attached hydrogen (secondary N) is 1. The first-order valence-electron chi connectivity index (χ1n) is 8.63. The molecule has 4 nitrogen and oxygen atoms in total. The van der Waals surface area contributed by atoms with Crippen molar-refractivity contribution >= 4 is 17.2 Å². The van der Waals surface area contributed by atoms with E-state index in [1.54, 1.807) is 0 Å². The van der Waals surface area contributed by atoms with E-state index >= 15 is 0 Å². The number of aliphatic imine (C=N–C) groups is 1. The van der Waals surface area contributed by atoms with E-state index in [2.05, 4.69) is 90.7 Å². The Bertz CT molecular complexity index is 753. The highest BCUT2D eigenvalue weighted by Crippen LogP contribution is 2.43. The molecular formula is C20H24N4. The summed E-state index contributed by atoms with van der Waals surface area (Å²) in [6, 6.07) is 19.6. The molecule has 1 N–H and O–H groups in total. The molecule has 2 heterocycles. The fraction of sp³-hybridized carbons (Fsp3) is 0.350. The van der Waals surface area contributed by atoms with Gasteiger partial charge in [0.25, 0.3) is 0 Å². The number of likely N-dealkylation sites (N-methyl/N-ethyl adjacent to an activating group) is 2. The fourth-order valence-electron chi connectivity index (χ4n) is 4.05. The van der Waals surface area contributed by atoms with Gasteiger partial charge in [0.15, 0.2) is 0 Å². The summed E-state index contributed by atoms with van der Waals surface area (Å²) in [6.07, 6.45) is 0.0856. The van der Waals surface area contributed by atoms with Gasteiger partial charge in [0.2, 0.25) is 0 Å². The van der Waals surface area contributed by atoms with E-state index in [4.69, 9.17) is 4.99 Å². The normalized spacial score (nSPS) is 24.7. The van der Waals surface area contributed by atoms with Crippen LogP contribution in [0, 0.1) is 0 Å². The van der Waals surface area contributed by atoms with Crippen LogP contribution in [0.4, 0.5) is 11.4 Å². The van der Waals surface area contributed by atoms with Crippen LogP contribution in [0.5, 0.6) is 0 Å². The Kier molecular flexibility index (Phi) is 3.68. The van der Waals surface area contributed by atoms with Gasteiger partial charge in [0.05, 0.1) is 23.3 Å². The zero-order valence-electron chi connectivity index (χ0n) is 14.5. The molecule has 0 fully saturated rings.